The third-order valence-corrected chi connectivity index (χ3v) is 8.88. The molecule has 55 heavy (non-hydrogen) atoms. The summed E-state index contributed by atoms with van der Waals surface area (Å²) in [6, 6.07) is 12.6. The highest BCUT2D eigenvalue weighted by Gasteiger charge is 2.32. The largest absolute Gasteiger partial charge is 0.370 e. The van der Waals surface area contributed by atoms with E-state index in [1.54, 1.807) is 12.4 Å². The number of aromatic nitrogens is 3. The lowest BCUT2D eigenvalue weighted by Gasteiger charge is -2.27. The van der Waals surface area contributed by atoms with Crippen molar-refractivity contribution in [3.63, 3.8) is 0 Å². The average Bonchev–Trinajstić information content (AvgIpc) is 3.84. The minimum Gasteiger partial charge on any atom is -0.370 e. The Hall–Kier alpha value is -6.23. The minimum atomic E-state index is -1.17. The Morgan fingerprint density at radius 1 is 0.764 bits per heavy atom. The van der Waals surface area contributed by atoms with Gasteiger partial charge in [0.25, 0.3) is 0 Å². The van der Waals surface area contributed by atoms with Gasteiger partial charge in [0.1, 0.15) is 18.1 Å². The zero-order valence-corrected chi connectivity index (χ0v) is 31.0. The van der Waals surface area contributed by atoms with Crippen LogP contribution in [0.2, 0.25) is 0 Å². The summed E-state index contributed by atoms with van der Waals surface area (Å²) in [5, 5.41) is 15.1. The van der Waals surface area contributed by atoms with E-state index >= 15 is 0 Å². The molecule has 0 radical (unpaired) electrons. The van der Waals surface area contributed by atoms with Crippen LogP contribution >= 0.6 is 0 Å². The Bertz CT molecular complexity index is 1870. The molecule has 4 rings (SSSR count). The van der Waals surface area contributed by atoms with Gasteiger partial charge in [-0.25, -0.2) is 4.98 Å². The molecule has 4 atom stereocenters. The number of H-pyrrole nitrogens is 2. The Morgan fingerprint density at radius 2 is 1.44 bits per heavy atom. The Balaban J connectivity index is 1.59. The van der Waals surface area contributed by atoms with Crippen molar-refractivity contribution in [3.8, 4) is 0 Å². The number of hydrogen-bond acceptors (Lipinski definition) is 8. The van der Waals surface area contributed by atoms with Crippen LogP contribution in [0.3, 0.4) is 0 Å². The molecule has 0 bridgehead atoms. The standard InChI is InChI=1S/C38H52N12O5/c1-2-3-15-43-30(19-26-21-42-23-47-26)36(54)49-31(17-24-10-5-4-6-11-24)37(55)48-29(14-9-16-44-38(40)41)35(53)50-32(34(52)46-22-33(39)51)18-25-20-45-28-13-8-7-12-27(25)28/h4-8,10-13,20-21,23,29-32,43,45H,2-3,9,14-19,22H2,1H3,(H2,39,51)(H,42,47)(H,46,52)(H,48,55)(H,49,54)(H,50,53)(H4,40,41,44)/t29-,30-,31+,32-/m0/s1. The quantitative estimate of drug-likeness (QED) is 0.0272. The zero-order chi connectivity index (χ0) is 39.6. The summed E-state index contributed by atoms with van der Waals surface area (Å²) in [6.07, 6.45) is 7.56. The first kappa shape index (κ1) is 41.5. The number of primary amides is 1. The van der Waals surface area contributed by atoms with Crippen molar-refractivity contribution in [2.45, 2.75) is 76.0 Å². The number of nitrogens with one attached hydrogen (secondary N) is 7. The van der Waals surface area contributed by atoms with E-state index in [4.69, 9.17) is 17.2 Å². The van der Waals surface area contributed by atoms with Crippen molar-refractivity contribution < 1.29 is 24.0 Å². The van der Waals surface area contributed by atoms with Gasteiger partial charge in [0, 0.05) is 54.8 Å². The van der Waals surface area contributed by atoms with Crippen LogP contribution in [0.1, 0.15) is 49.4 Å². The van der Waals surface area contributed by atoms with Gasteiger partial charge < -0.3 is 53.8 Å². The fraction of sp³-hybridized carbons (Fsp3) is 0.395. The number of hydrogen-bond donors (Lipinski definition) is 10. The first-order chi connectivity index (χ1) is 26.5. The molecule has 0 spiro atoms. The summed E-state index contributed by atoms with van der Waals surface area (Å²) >= 11 is 0. The van der Waals surface area contributed by atoms with Crippen LogP contribution in [-0.4, -0.2) is 94.2 Å². The molecule has 0 fully saturated rings. The van der Waals surface area contributed by atoms with E-state index < -0.39 is 60.2 Å². The molecule has 0 saturated carbocycles. The maximum Gasteiger partial charge on any atom is 0.243 e. The summed E-state index contributed by atoms with van der Waals surface area (Å²) in [4.78, 5) is 81.3. The number of nitrogens with two attached hydrogens (primary N) is 3. The topological polar surface area (TPSA) is 280 Å². The maximum atomic E-state index is 14.2. The van der Waals surface area contributed by atoms with Crippen LogP contribution in [0.4, 0.5) is 0 Å². The number of aliphatic imine (C=N–C) groups is 1. The van der Waals surface area contributed by atoms with Crippen molar-refractivity contribution in [1.29, 1.82) is 0 Å². The molecular weight excluding hydrogens is 704 g/mol. The zero-order valence-electron chi connectivity index (χ0n) is 31.0. The molecule has 294 valence electrons. The van der Waals surface area contributed by atoms with Crippen LogP contribution in [-0.2, 0) is 43.2 Å². The second-order valence-corrected chi connectivity index (χ2v) is 13.2. The highest BCUT2D eigenvalue weighted by molar-refractivity contribution is 5.96. The summed E-state index contributed by atoms with van der Waals surface area (Å²) in [5.41, 5.74) is 19.4. The Labute approximate surface area is 319 Å². The fourth-order valence-electron chi connectivity index (χ4n) is 6.00. The summed E-state index contributed by atoms with van der Waals surface area (Å²) in [7, 11) is 0. The monoisotopic (exact) mass is 756 g/mol. The van der Waals surface area contributed by atoms with Crippen molar-refractivity contribution in [2.75, 3.05) is 19.6 Å². The number of guanidine groups is 1. The van der Waals surface area contributed by atoms with Gasteiger partial charge in [0.2, 0.25) is 29.5 Å². The van der Waals surface area contributed by atoms with Gasteiger partial charge in [-0.3, -0.25) is 29.0 Å². The minimum absolute atomic E-state index is 0.0600. The number of nitrogens with zero attached hydrogens (tertiary/aromatic N) is 2. The molecule has 17 heteroatoms. The van der Waals surface area contributed by atoms with Gasteiger partial charge in [-0.15, -0.1) is 0 Å². The van der Waals surface area contributed by atoms with Gasteiger partial charge in [0.15, 0.2) is 5.96 Å². The third kappa shape index (κ3) is 13.6. The van der Waals surface area contributed by atoms with Crippen LogP contribution in [0, 0.1) is 0 Å². The highest BCUT2D eigenvalue weighted by Crippen LogP contribution is 2.19. The molecule has 0 aliphatic heterocycles. The van der Waals surface area contributed by atoms with E-state index in [1.807, 2.05) is 61.5 Å². The Kier molecular flexibility index (Phi) is 16.2. The van der Waals surface area contributed by atoms with Crippen molar-refractivity contribution in [2.24, 2.45) is 22.2 Å². The highest BCUT2D eigenvalue weighted by atomic mass is 16.2. The number of amides is 5. The second kappa shape index (κ2) is 21.5. The predicted molar refractivity (Wildman–Crippen MR) is 209 cm³/mol. The lowest BCUT2D eigenvalue weighted by molar-refractivity contribution is -0.134. The van der Waals surface area contributed by atoms with E-state index in [9.17, 15) is 24.0 Å². The molecule has 2 heterocycles. The van der Waals surface area contributed by atoms with Gasteiger partial charge in [0.05, 0.1) is 18.9 Å². The Morgan fingerprint density at radius 3 is 2.13 bits per heavy atom. The number of fused-ring (bicyclic) bond motifs is 1. The third-order valence-electron chi connectivity index (χ3n) is 8.88. The number of rotatable bonds is 23. The average molecular weight is 757 g/mol. The number of para-hydroxylation sites is 1. The maximum absolute atomic E-state index is 14.2. The second-order valence-electron chi connectivity index (χ2n) is 13.2. The smallest absolute Gasteiger partial charge is 0.243 e. The number of aromatic amines is 2. The summed E-state index contributed by atoms with van der Waals surface area (Å²) in [6.45, 7) is 2.37. The lowest BCUT2D eigenvalue weighted by Crippen LogP contribution is -2.59. The number of imidazole rings is 1. The SMILES string of the molecule is CCCCN[C@@H](Cc1cnc[nH]1)C(=O)N[C@H](Cc1ccccc1)C(=O)N[C@@H](CCCN=C(N)N)C(=O)N[C@@H](Cc1c[nH]c2ccccc12)C(=O)NCC(N)=O. The molecule has 0 aliphatic carbocycles. The van der Waals surface area contributed by atoms with Gasteiger partial charge >= 0.3 is 0 Å². The molecule has 2 aromatic carbocycles. The molecular formula is C38H52N12O5. The molecule has 0 unspecified atom stereocenters. The summed E-state index contributed by atoms with van der Waals surface area (Å²) < 4.78 is 0. The van der Waals surface area contributed by atoms with E-state index in [-0.39, 0.29) is 31.8 Å². The number of unbranched alkanes of at least 4 members (excludes halogenated alkanes) is 1. The first-order valence-corrected chi connectivity index (χ1v) is 18.4. The number of carbonyl (C=O) groups excluding carboxylic acids is 5. The van der Waals surface area contributed by atoms with E-state index in [1.165, 1.54) is 6.33 Å². The predicted octanol–water partition coefficient (Wildman–Crippen LogP) is -0.213. The van der Waals surface area contributed by atoms with Gasteiger partial charge in [-0.1, -0.05) is 61.9 Å². The van der Waals surface area contributed by atoms with Crippen LogP contribution < -0.4 is 43.8 Å². The summed E-state index contributed by atoms with van der Waals surface area (Å²) in [5.74, 6) is -3.21. The first-order valence-electron chi connectivity index (χ1n) is 18.4. The van der Waals surface area contributed by atoms with Crippen molar-refractivity contribution in [1.82, 2.24) is 41.5 Å². The molecule has 5 amide bonds. The lowest BCUT2D eigenvalue weighted by atomic mass is 10.0. The van der Waals surface area contributed by atoms with Gasteiger partial charge in [-0.05, 0) is 43.0 Å². The molecule has 17 nitrogen and oxygen atoms in total. The molecule has 0 aliphatic rings. The van der Waals surface area contributed by atoms with Crippen LogP contribution in [0.5, 0.6) is 0 Å². The van der Waals surface area contributed by atoms with E-state index in [0.29, 0.717) is 19.4 Å². The van der Waals surface area contributed by atoms with Crippen LogP contribution in [0.25, 0.3) is 10.9 Å². The van der Waals surface area contributed by atoms with Crippen molar-refractivity contribution in [3.05, 3.63) is 90.1 Å². The van der Waals surface area contributed by atoms with E-state index in [0.717, 1.165) is 40.6 Å². The fourth-order valence-corrected chi connectivity index (χ4v) is 6.00. The molecule has 4 aromatic rings. The van der Waals surface area contributed by atoms with Crippen molar-refractivity contribution >= 4 is 46.4 Å². The van der Waals surface area contributed by atoms with Gasteiger partial charge in [-0.2, -0.15) is 0 Å². The normalized spacial score (nSPS) is 13.2. The molecule has 0 saturated heterocycles. The number of carbonyl (C=O) groups is 5. The molecule has 2 aromatic heterocycles. The van der Waals surface area contributed by atoms with E-state index in [2.05, 4.69) is 46.5 Å². The molecule has 13 N–H and O–H groups in total. The van der Waals surface area contributed by atoms with Crippen LogP contribution in [0.15, 0.2) is 78.3 Å². The number of benzene rings is 2.